The minimum Gasteiger partial charge on any atom is -0.497 e. The molecule has 0 unspecified atom stereocenters. The van der Waals surface area contributed by atoms with Crippen LogP contribution < -0.4 is 19.7 Å². The third-order valence-corrected chi connectivity index (χ3v) is 3.93. The summed E-state index contributed by atoms with van der Waals surface area (Å²) in [6.07, 6.45) is 3.29. The molecule has 0 aliphatic heterocycles. The molecule has 2 aromatic rings. The number of rotatable bonds is 8. The van der Waals surface area contributed by atoms with Crippen molar-refractivity contribution in [2.24, 2.45) is 0 Å². The van der Waals surface area contributed by atoms with Crippen molar-refractivity contribution in [3.63, 3.8) is 0 Å². The van der Waals surface area contributed by atoms with Gasteiger partial charge in [-0.05, 0) is 29.3 Å². The number of nitrogens with one attached hydrogen (secondary N) is 2. The van der Waals surface area contributed by atoms with Crippen LogP contribution in [0.15, 0.2) is 54.6 Å². The molecule has 0 aromatic heterocycles. The zero-order chi connectivity index (χ0) is 18.9. The van der Waals surface area contributed by atoms with Gasteiger partial charge in [0.05, 0.1) is 28.3 Å². The smallest absolute Gasteiger partial charge is 0.244 e. The summed E-state index contributed by atoms with van der Waals surface area (Å²) >= 11 is 0. The molecule has 1 amide bonds. The van der Waals surface area contributed by atoms with E-state index in [9.17, 15) is 4.79 Å². The van der Waals surface area contributed by atoms with Gasteiger partial charge in [-0.1, -0.05) is 30.3 Å². The Labute approximate surface area is 155 Å². The summed E-state index contributed by atoms with van der Waals surface area (Å²) in [6, 6.07) is 15.5. The van der Waals surface area contributed by atoms with Crippen LogP contribution in [0.5, 0.6) is 11.5 Å². The molecule has 0 fully saturated rings. The lowest BCUT2D eigenvalue weighted by Gasteiger charge is -2.20. The first-order chi connectivity index (χ1) is 12.5. The number of quaternary nitrogens is 1. The van der Waals surface area contributed by atoms with Gasteiger partial charge < -0.3 is 19.7 Å². The van der Waals surface area contributed by atoms with Gasteiger partial charge in [-0.15, -0.1) is 0 Å². The van der Waals surface area contributed by atoms with Gasteiger partial charge in [-0.2, -0.15) is 0 Å². The second kappa shape index (κ2) is 9.63. The first-order valence-electron chi connectivity index (χ1n) is 8.57. The summed E-state index contributed by atoms with van der Waals surface area (Å²) in [5.74, 6) is 1.23. The molecule has 5 nitrogen and oxygen atoms in total. The molecular weight excluding hydrogens is 328 g/mol. The highest BCUT2D eigenvalue weighted by Crippen LogP contribution is 2.23. The lowest BCUT2D eigenvalue weighted by molar-refractivity contribution is -0.860. The van der Waals surface area contributed by atoms with E-state index in [1.807, 2.05) is 42.5 Å². The molecule has 5 heteroatoms. The number of carbonyl (C=O) groups excluding carboxylic acids is 1. The Balaban J connectivity index is 2.11. The molecule has 2 N–H and O–H groups in total. The molecule has 0 aliphatic rings. The monoisotopic (exact) mass is 355 g/mol. The highest BCUT2D eigenvalue weighted by atomic mass is 16.5. The Morgan fingerprint density at radius 2 is 1.69 bits per heavy atom. The SMILES string of the molecule is COc1cc(/C=C/C(=O)N[C@@H](C[NH+](C)C)c2ccccc2)cc(OC)c1. The maximum atomic E-state index is 12.4. The van der Waals surface area contributed by atoms with E-state index >= 15 is 0 Å². The summed E-state index contributed by atoms with van der Waals surface area (Å²) in [7, 11) is 7.34. The molecule has 0 bridgehead atoms. The van der Waals surface area contributed by atoms with Crippen molar-refractivity contribution in [1.29, 1.82) is 0 Å². The summed E-state index contributed by atoms with van der Waals surface area (Å²) in [5, 5.41) is 3.08. The van der Waals surface area contributed by atoms with Gasteiger partial charge in [-0.25, -0.2) is 0 Å². The van der Waals surface area contributed by atoms with Gasteiger partial charge in [0.25, 0.3) is 0 Å². The zero-order valence-electron chi connectivity index (χ0n) is 15.8. The average Bonchev–Trinajstić information content (AvgIpc) is 2.65. The van der Waals surface area contributed by atoms with E-state index in [0.29, 0.717) is 11.5 Å². The van der Waals surface area contributed by atoms with Crippen LogP contribution in [0.25, 0.3) is 6.08 Å². The topological polar surface area (TPSA) is 52.0 Å². The zero-order valence-corrected chi connectivity index (χ0v) is 15.8. The third-order valence-electron chi connectivity index (χ3n) is 3.93. The molecule has 138 valence electrons. The maximum Gasteiger partial charge on any atom is 0.244 e. The Kier molecular flexibility index (Phi) is 7.24. The van der Waals surface area contributed by atoms with E-state index in [1.165, 1.54) is 11.0 Å². The van der Waals surface area contributed by atoms with Gasteiger partial charge >= 0.3 is 0 Å². The van der Waals surface area contributed by atoms with Crippen LogP contribution in [-0.2, 0) is 4.79 Å². The molecule has 0 saturated carbocycles. The number of carbonyl (C=O) groups is 1. The predicted octanol–water partition coefficient (Wildman–Crippen LogP) is 1.72. The van der Waals surface area contributed by atoms with Gasteiger partial charge in [0.2, 0.25) is 5.91 Å². The molecule has 0 aliphatic carbocycles. The summed E-state index contributed by atoms with van der Waals surface area (Å²) in [5.41, 5.74) is 1.93. The van der Waals surface area contributed by atoms with Crippen molar-refractivity contribution >= 4 is 12.0 Å². The third kappa shape index (κ3) is 5.93. The Hall–Kier alpha value is -2.79. The molecular formula is C21H27N2O3+. The number of likely N-dealkylation sites (N-methyl/N-ethyl adjacent to an activating group) is 1. The van der Waals surface area contributed by atoms with Crippen LogP contribution >= 0.6 is 0 Å². The number of ether oxygens (including phenoxy) is 2. The Morgan fingerprint density at radius 1 is 1.08 bits per heavy atom. The molecule has 0 spiro atoms. The molecule has 0 saturated heterocycles. The van der Waals surface area contributed by atoms with Crippen molar-refractivity contribution in [2.45, 2.75) is 6.04 Å². The fourth-order valence-corrected chi connectivity index (χ4v) is 2.66. The largest absolute Gasteiger partial charge is 0.497 e. The van der Waals surface area contributed by atoms with Crippen molar-refractivity contribution in [3.05, 3.63) is 65.7 Å². The number of hydrogen-bond acceptors (Lipinski definition) is 3. The highest BCUT2D eigenvalue weighted by molar-refractivity contribution is 5.92. The number of hydrogen-bond donors (Lipinski definition) is 2. The van der Waals surface area contributed by atoms with E-state index in [1.54, 1.807) is 26.4 Å². The molecule has 0 radical (unpaired) electrons. The molecule has 2 aromatic carbocycles. The normalized spacial score (nSPS) is 12.2. The van der Waals surface area contributed by atoms with Crippen LogP contribution in [0.4, 0.5) is 0 Å². The van der Waals surface area contributed by atoms with Crippen molar-refractivity contribution in [2.75, 3.05) is 34.9 Å². The van der Waals surface area contributed by atoms with Crippen LogP contribution in [0.1, 0.15) is 17.2 Å². The van der Waals surface area contributed by atoms with Gasteiger partial charge in [-0.3, -0.25) is 4.79 Å². The van der Waals surface area contributed by atoms with E-state index in [-0.39, 0.29) is 11.9 Å². The first kappa shape index (κ1) is 19.5. The van der Waals surface area contributed by atoms with Crippen molar-refractivity contribution < 1.29 is 19.2 Å². The highest BCUT2D eigenvalue weighted by Gasteiger charge is 2.16. The summed E-state index contributed by atoms with van der Waals surface area (Å²) < 4.78 is 10.5. The lowest BCUT2D eigenvalue weighted by atomic mass is 10.1. The molecule has 26 heavy (non-hydrogen) atoms. The lowest BCUT2D eigenvalue weighted by Crippen LogP contribution is -3.06. The molecule has 0 heterocycles. The number of benzene rings is 2. The van der Waals surface area contributed by atoms with Gasteiger partial charge in [0.15, 0.2) is 0 Å². The van der Waals surface area contributed by atoms with Gasteiger partial charge in [0.1, 0.15) is 24.1 Å². The minimum absolute atomic E-state index is 0.0433. The number of methoxy groups -OCH3 is 2. The second-order valence-electron chi connectivity index (χ2n) is 6.36. The first-order valence-corrected chi connectivity index (χ1v) is 8.57. The van der Waals surface area contributed by atoms with E-state index < -0.39 is 0 Å². The summed E-state index contributed by atoms with van der Waals surface area (Å²) in [6.45, 7) is 0.802. The van der Waals surface area contributed by atoms with Crippen LogP contribution in [0.3, 0.4) is 0 Å². The predicted molar refractivity (Wildman–Crippen MR) is 104 cm³/mol. The van der Waals surface area contributed by atoms with E-state index in [4.69, 9.17) is 9.47 Å². The molecule has 2 rings (SSSR count). The fourth-order valence-electron chi connectivity index (χ4n) is 2.66. The van der Waals surface area contributed by atoms with Crippen molar-refractivity contribution in [3.8, 4) is 11.5 Å². The standard InChI is InChI=1S/C21H26N2O3/c1-23(2)15-20(17-8-6-5-7-9-17)22-21(24)11-10-16-12-18(25-3)14-19(13-16)26-4/h5-14,20H,15H2,1-4H3,(H,22,24)/p+1/b11-10+/t20-/m0/s1. The quantitative estimate of drug-likeness (QED) is 0.709. The average molecular weight is 355 g/mol. The summed E-state index contributed by atoms with van der Waals surface area (Å²) in [4.78, 5) is 13.7. The Morgan fingerprint density at radius 3 is 2.23 bits per heavy atom. The van der Waals surface area contributed by atoms with Crippen LogP contribution in [0.2, 0.25) is 0 Å². The van der Waals surface area contributed by atoms with Crippen molar-refractivity contribution in [1.82, 2.24) is 5.32 Å². The molecule has 1 atom stereocenters. The van der Waals surface area contributed by atoms with E-state index in [0.717, 1.165) is 17.7 Å². The second-order valence-corrected chi connectivity index (χ2v) is 6.36. The maximum absolute atomic E-state index is 12.4. The van der Waals surface area contributed by atoms with Crippen LogP contribution in [-0.4, -0.2) is 40.8 Å². The Bertz CT molecular complexity index is 720. The van der Waals surface area contributed by atoms with Crippen LogP contribution in [0, 0.1) is 0 Å². The fraction of sp³-hybridized carbons (Fsp3) is 0.286. The van der Waals surface area contributed by atoms with E-state index in [2.05, 4.69) is 19.4 Å². The van der Waals surface area contributed by atoms with Gasteiger partial charge in [0, 0.05) is 12.1 Å². The minimum atomic E-state index is -0.137. The number of amides is 1.